The number of rotatable bonds is 9. The first-order valence-corrected chi connectivity index (χ1v) is 9.08. The van der Waals surface area contributed by atoms with Gasteiger partial charge in [-0.2, -0.15) is 0 Å². The molecular weight excluding hydrogens is 373 g/mol. The first kappa shape index (κ1) is 25.1. The van der Waals surface area contributed by atoms with Gasteiger partial charge in [-0.3, -0.25) is 9.69 Å². The lowest BCUT2D eigenvalue weighted by Gasteiger charge is -2.33. The first-order valence-electron chi connectivity index (χ1n) is 9.08. The van der Waals surface area contributed by atoms with Crippen molar-refractivity contribution in [2.75, 3.05) is 26.2 Å². The third-order valence-corrected chi connectivity index (χ3v) is 4.44. The van der Waals surface area contributed by atoms with Crippen molar-refractivity contribution < 1.29 is 9.53 Å². The van der Waals surface area contributed by atoms with Crippen molar-refractivity contribution in [3.8, 4) is 0 Å². The monoisotopic (exact) mass is 405 g/mol. The van der Waals surface area contributed by atoms with Crippen LogP contribution in [0.5, 0.6) is 0 Å². The van der Waals surface area contributed by atoms with Gasteiger partial charge in [-0.05, 0) is 12.0 Å². The number of halogens is 2. The number of nitrogens with one attached hydrogen (secondary N) is 1. The Balaban J connectivity index is 0.00000312. The molecule has 150 valence electrons. The molecule has 0 aliphatic carbocycles. The van der Waals surface area contributed by atoms with E-state index in [1.165, 1.54) is 5.56 Å². The van der Waals surface area contributed by atoms with Crippen molar-refractivity contribution in [2.45, 2.75) is 51.3 Å². The average molecular weight is 406 g/mol. The minimum atomic E-state index is -0.0351. The third-order valence-electron chi connectivity index (χ3n) is 4.44. The smallest absolute Gasteiger partial charge is 0.222 e. The second-order valence-corrected chi connectivity index (χ2v) is 6.56. The van der Waals surface area contributed by atoms with E-state index < -0.39 is 0 Å². The molecular formula is C19H33Cl2N3O2. The molecule has 1 aliphatic heterocycles. The second-order valence-electron chi connectivity index (χ2n) is 6.56. The van der Waals surface area contributed by atoms with Gasteiger partial charge in [0.25, 0.3) is 0 Å². The molecule has 2 atom stereocenters. The van der Waals surface area contributed by atoms with Crippen LogP contribution in [-0.2, 0) is 16.1 Å². The SMILES string of the molecule is CCCCC(CN)NC(=O)CC1CN(Cc2ccccc2)CCO1.Cl.Cl. The first-order chi connectivity index (χ1) is 11.7. The summed E-state index contributed by atoms with van der Waals surface area (Å²) in [7, 11) is 0. The van der Waals surface area contributed by atoms with Crippen LogP contribution in [0.4, 0.5) is 0 Å². The molecule has 1 saturated heterocycles. The number of amides is 1. The summed E-state index contributed by atoms with van der Waals surface area (Å²) in [5.74, 6) is 0.0492. The van der Waals surface area contributed by atoms with Crippen molar-refractivity contribution in [3.05, 3.63) is 35.9 Å². The predicted molar refractivity (Wildman–Crippen MR) is 111 cm³/mol. The molecule has 0 spiro atoms. The summed E-state index contributed by atoms with van der Waals surface area (Å²) >= 11 is 0. The van der Waals surface area contributed by atoms with E-state index in [1.54, 1.807) is 0 Å². The lowest BCUT2D eigenvalue weighted by molar-refractivity contribution is -0.126. The summed E-state index contributed by atoms with van der Waals surface area (Å²) in [5.41, 5.74) is 7.05. The Morgan fingerprint density at radius 3 is 2.73 bits per heavy atom. The van der Waals surface area contributed by atoms with Crippen LogP contribution in [0.15, 0.2) is 30.3 Å². The van der Waals surface area contributed by atoms with Crippen molar-refractivity contribution >= 4 is 30.7 Å². The van der Waals surface area contributed by atoms with Gasteiger partial charge in [-0.1, -0.05) is 50.1 Å². The van der Waals surface area contributed by atoms with Crippen molar-refractivity contribution in [2.24, 2.45) is 5.73 Å². The number of ether oxygens (including phenoxy) is 1. The minimum Gasteiger partial charge on any atom is -0.375 e. The van der Waals surface area contributed by atoms with Gasteiger partial charge in [-0.25, -0.2) is 0 Å². The van der Waals surface area contributed by atoms with Gasteiger partial charge < -0.3 is 15.8 Å². The van der Waals surface area contributed by atoms with Crippen molar-refractivity contribution in [3.63, 3.8) is 0 Å². The highest BCUT2D eigenvalue weighted by Gasteiger charge is 2.23. The highest BCUT2D eigenvalue weighted by Crippen LogP contribution is 2.13. The summed E-state index contributed by atoms with van der Waals surface area (Å²) in [6, 6.07) is 10.5. The molecule has 7 heteroatoms. The zero-order valence-corrected chi connectivity index (χ0v) is 17.2. The standard InChI is InChI=1S/C19H31N3O2.2ClH/c1-2-3-9-17(13-20)21-19(23)12-18-15-22(10-11-24-18)14-16-7-5-4-6-8-16;;/h4-8,17-18H,2-3,9-15,20H2,1H3,(H,21,23);2*1H. The Hall–Kier alpha value is -0.850. The molecule has 1 aromatic carbocycles. The summed E-state index contributed by atoms with van der Waals surface area (Å²) in [4.78, 5) is 14.6. The van der Waals surface area contributed by atoms with E-state index in [2.05, 4.69) is 41.4 Å². The van der Waals surface area contributed by atoms with Crippen LogP contribution in [-0.4, -0.2) is 49.2 Å². The number of hydrogen-bond acceptors (Lipinski definition) is 4. The van der Waals surface area contributed by atoms with Gasteiger partial charge in [0.1, 0.15) is 0 Å². The molecule has 3 N–H and O–H groups in total. The largest absolute Gasteiger partial charge is 0.375 e. The number of benzene rings is 1. The summed E-state index contributed by atoms with van der Waals surface area (Å²) < 4.78 is 5.78. The topological polar surface area (TPSA) is 67.6 Å². The van der Waals surface area contributed by atoms with Crippen LogP contribution in [0.2, 0.25) is 0 Å². The van der Waals surface area contributed by atoms with E-state index in [9.17, 15) is 4.79 Å². The van der Waals surface area contributed by atoms with E-state index in [-0.39, 0.29) is 42.9 Å². The molecule has 0 saturated carbocycles. The van der Waals surface area contributed by atoms with Crippen LogP contribution in [0, 0.1) is 0 Å². The van der Waals surface area contributed by atoms with E-state index in [0.29, 0.717) is 19.6 Å². The summed E-state index contributed by atoms with van der Waals surface area (Å²) in [6.07, 6.45) is 3.53. The fourth-order valence-corrected chi connectivity index (χ4v) is 3.08. The lowest BCUT2D eigenvalue weighted by atomic mass is 10.1. The molecule has 1 amide bonds. The summed E-state index contributed by atoms with van der Waals surface area (Å²) in [6.45, 7) is 5.94. The Morgan fingerprint density at radius 2 is 2.08 bits per heavy atom. The second kappa shape index (κ2) is 14.2. The maximum Gasteiger partial charge on any atom is 0.222 e. The predicted octanol–water partition coefficient (Wildman–Crippen LogP) is 2.75. The molecule has 0 radical (unpaired) electrons. The van der Waals surface area contributed by atoms with Crippen molar-refractivity contribution in [1.82, 2.24) is 10.2 Å². The molecule has 2 unspecified atom stereocenters. The molecule has 5 nitrogen and oxygen atoms in total. The van der Waals surface area contributed by atoms with Gasteiger partial charge in [0.2, 0.25) is 5.91 Å². The van der Waals surface area contributed by atoms with Crippen LogP contribution in [0.3, 0.4) is 0 Å². The van der Waals surface area contributed by atoms with Gasteiger partial charge in [0.05, 0.1) is 19.1 Å². The number of carbonyl (C=O) groups excluding carboxylic acids is 1. The van der Waals surface area contributed by atoms with Gasteiger partial charge in [-0.15, -0.1) is 24.8 Å². The normalized spacial score (nSPS) is 18.3. The van der Waals surface area contributed by atoms with Crippen LogP contribution in [0.25, 0.3) is 0 Å². The molecule has 1 aromatic rings. The maximum atomic E-state index is 12.2. The maximum absolute atomic E-state index is 12.2. The number of hydrogen-bond donors (Lipinski definition) is 2. The molecule has 2 rings (SSSR count). The Bertz CT molecular complexity index is 491. The van der Waals surface area contributed by atoms with E-state index in [1.807, 2.05) is 6.07 Å². The lowest BCUT2D eigenvalue weighted by Crippen LogP contribution is -2.46. The number of unbranched alkanes of at least 4 members (excludes halogenated alkanes) is 1. The molecule has 1 heterocycles. The van der Waals surface area contributed by atoms with Gasteiger partial charge in [0.15, 0.2) is 0 Å². The third kappa shape index (κ3) is 9.19. The number of carbonyl (C=O) groups is 1. The van der Waals surface area contributed by atoms with E-state index in [4.69, 9.17) is 10.5 Å². The quantitative estimate of drug-likeness (QED) is 0.662. The molecule has 1 aliphatic rings. The van der Waals surface area contributed by atoms with Gasteiger partial charge in [0, 0.05) is 32.2 Å². The summed E-state index contributed by atoms with van der Waals surface area (Å²) in [5, 5.41) is 3.05. The Morgan fingerprint density at radius 1 is 1.35 bits per heavy atom. The molecule has 26 heavy (non-hydrogen) atoms. The van der Waals surface area contributed by atoms with Crippen LogP contribution >= 0.6 is 24.8 Å². The van der Waals surface area contributed by atoms with Crippen molar-refractivity contribution in [1.29, 1.82) is 0 Å². The van der Waals surface area contributed by atoms with Crippen LogP contribution in [0.1, 0.15) is 38.2 Å². The zero-order chi connectivity index (χ0) is 17.2. The zero-order valence-electron chi connectivity index (χ0n) is 15.6. The molecule has 1 fully saturated rings. The van der Waals surface area contributed by atoms with Crippen LogP contribution < -0.4 is 11.1 Å². The molecule has 0 aromatic heterocycles. The highest BCUT2D eigenvalue weighted by atomic mass is 35.5. The number of nitrogens with zero attached hydrogens (tertiary/aromatic N) is 1. The Kier molecular flexibility index (Phi) is 13.8. The van der Waals surface area contributed by atoms with E-state index >= 15 is 0 Å². The average Bonchev–Trinajstić information content (AvgIpc) is 2.59. The minimum absolute atomic E-state index is 0. The number of nitrogens with two attached hydrogens (primary N) is 1. The van der Waals surface area contributed by atoms with E-state index in [0.717, 1.165) is 38.9 Å². The fourth-order valence-electron chi connectivity index (χ4n) is 3.08. The molecule has 0 bridgehead atoms. The van der Waals surface area contributed by atoms with Gasteiger partial charge >= 0.3 is 0 Å². The Labute approximate surface area is 169 Å². The fraction of sp³-hybridized carbons (Fsp3) is 0.632. The number of morpholine rings is 1. The highest BCUT2D eigenvalue weighted by molar-refractivity contribution is 5.85.